The average molecular weight is 773 g/mol. The maximum absolute atomic E-state index is 7.94. The molecule has 0 spiro atoms. The van der Waals surface area contributed by atoms with E-state index in [1.54, 1.807) is 0 Å². The van der Waals surface area contributed by atoms with Crippen LogP contribution in [0.3, 0.4) is 0 Å². The lowest BCUT2D eigenvalue weighted by Gasteiger charge is -3.24. The second-order valence-corrected chi connectivity index (χ2v) is 36.3. The molecule has 6 saturated carbocycles. The first-order chi connectivity index (χ1) is 21.3. The molecule has 16 heteroatoms. The molecule has 0 aromatic carbocycles. The molecular weight excluding hydrogens is 713 g/mol. The standard InChI is InChI=1S/C30H60O8Si8/c1-17-20-44(11,12)36-28-24(32-40-5)23(31-39-4)25(33-41-6)26(24,34-42-7)30(28,38-46(15,16)22-19-3)29(25,37-45(13,14)21-18-2)27(23,28)35-43(8,9)10/h17-22H2,1-16H3. The third-order valence-electron chi connectivity index (χ3n) is 11.3. The maximum Gasteiger partial charge on any atom is 0.227 e. The molecule has 8 nitrogen and oxygen atoms in total. The van der Waals surface area contributed by atoms with Gasteiger partial charge in [0.15, 0.2) is 78.1 Å². The maximum atomic E-state index is 7.94. The Morgan fingerprint density at radius 1 is 0.370 bits per heavy atom. The molecule has 6 rings (SSSR count). The van der Waals surface area contributed by atoms with Gasteiger partial charge in [-0.25, -0.2) is 0 Å². The molecule has 0 amide bonds. The number of rotatable bonds is 22. The van der Waals surface area contributed by atoms with Crippen molar-refractivity contribution in [2.24, 2.45) is 0 Å². The molecule has 260 valence electrons. The zero-order chi connectivity index (χ0) is 34.7. The van der Waals surface area contributed by atoms with E-state index in [1.807, 2.05) is 0 Å². The monoisotopic (exact) mass is 772 g/mol. The van der Waals surface area contributed by atoms with Gasteiger partial charge in [-0.1, -0.05) is 40.0 Å². The topological polar surface area (TPSA) is 73.8 Å². The van der Waals surface area contributed by atoms with Crippen LogP contribution >= 0.6 is 0 Å². The van der Waals surface area contributed by atoms with E-state index in [9.17, 15) is 0 Å². The Kier molecular flexibility index (Phi) is 9.62. The van der Waals surface area contributed by atoms with Crippen LogP contribution in [0.25, 0.3) is 0 Å². The molecule has 4 atom stereocenters. The van der Waals surface area contributed by atoms with E-state index in [1.165, 1.54) is 0 Å². The Morgan fingerprint density at radius 3 is 0.761 bits per heavy atom. The van der Waals surface area contributed by atoms with Crippen LogP contribution in [0.5, 0.6) is 0 Å². The van der Waals surface area contributed by atoms with E-state index in [4.69, 9.17) is 35.4 Å². The second-order valence-electron chi connectivity index (χ2n) is 16.7. The summed E-state index contributed by atoms with van der Waals surface area (Å²) in [6, 6.07) is 3.09. The van der Waals surface area contributed by atoms with Crippen LogP contribution in [0.15, 0.2) is 0 Å². The highest BCUT2D eigenvalue weighted by molar-refractivity contribution is 6.73. The Balaban J connectivity index is 1.94. The van der Waals surface area contributed by atoms with Gasteiger partial charge in [-0.15, -0.1) is 0 Å². The van der Waals surface area contributed by atoms with Gasteiger partial charge in [-0.2, -0.15) is 0 Å². The average Bonchev–Trinajstić information content (AvgIpc) is 2.90. The fraction of sp³-hybridized carbons (Fsp3) is 1.00. The largest absolute Gasteiger partial charge is 0.404 e. The third-order valence-corrected chi connectivity index (χ3v) is 21.9. The molecular formula is C30H60O8Si8. The van der Waals surface area contributed by atoms with Crippen LogP contribution in [0, 0.1) is 0 Å². The van der Waals surface area contributed by atoms with Gasteiger partial charge in [0.05, 0.1) is 0 Å². The zero-order valence-corrected chi connectivity index (χ0v) is 39.5. The van der Waals surface area contributed by atoms with Gasteiger partial charge < -0.3 is 35.4 Å². The summed E-state index contributed by atoms with van der Waals surface area (Å²) < 4.78 is 60.5. The van der Waals surface area contributed by atoms with Crippen LogP contribution in [0.4, 0.5) is 0 Å². The minimum Gasteiger partial charge on any atom is -0.404 e. The summed E-state index contributed by atoms with van der Waals surface area (Å²) in [6.07, 6.45) is 3.17. The van der Waals surface area contributed by atoms with Crippen molar-refractivity contribution in [2.45, 2.75) is 188 Å². The highest BCUT2D eigenvalue weighted by Crippen LogP contribution is 3.16. The summed E-state index contributed by atoms with van der Waals surface area (Å²) in [5.41, 5.74) is -7.34. The summed E-state index contributed by atoms with van der Waals surface area (Å²) >= 11 is 0. The van der Waals surface area contributed by atoms with Gasteiger partial charge in [0, 0.05) is 0 Å². The van der Waals surface area contributed by atoms with E-state index in [0.29, 0.717) is 0 Å². The van der Waals surface area contributed by atoms with Gasteiger partial charge >= 0.3 is 0 Å². The Bertz CT molecular complexity index is 1140. The van der Waals surface area contributed by atoms with Gasteiger partial charge in [-0.3, -0.25) is 0 Å². The molecule has 0 bridgehead atoms. The van der Waals surface area contributed by atoms with Crippen molar-refractivity contribution in [1.82, 2.24) is 0 Å². The summed E-state index contributed by atoms with van der Waals surface area (Å²) in [4.78, 5) is 0. The van der Waals surface area contributed by atoms with E-state index in [0.717, 1.165) is 37.4 Å². The van der Waals surface area contributed by atoms with Crippen molar-refractivity contribution in [3.63, 3.8) is 0 Å². The molecule has 8 radical (unpaired) electrons. The van der Waals surface area contributed by atoms with E-state index in [-0.39, 0.29) is 39.1 Å². The molecule has 46 heavy (non-hydrogen) atoms. The second kappa shape index (κ2) is 11.5. The van der Waals surface area contributed by atoms with Gasteiger partial charge in [-0.05, 0) is 103 Å². The Morgan fingerprint density at radius 2 is 0.587 bits per heavy atom. The molecule has 0 aromatic rings. The summed E-state index contributed by atoms with van der Waals surface area (Å²) in [6.45, 7) is 36.2. The van der Waals surface area contributed by atoms with Gasteiger partial charge in [0.1, 0.15) is 0 Å². The zero-order valence-electron chi connectivity index (χ0n) is 31.5. The minimum atomic E-state index is -2.31. The van der Waals surface area contributed by atoms with Crippen LogP contribution in [-0.4, -0.2) is 117 Å². The van der Waals surface area contributed by atoms with E-state index < -0.39 is 78.1 Å². The van der Waals surface area contributed by atoms with Crippen LogP contribution < -0.4 is 0 Å². The highest BCUT2D eigenvalue weighted by atomic mass is 28.4. The molecule has 0 saturated heterocycles. The van der Waals surface area contributed by atoms with Gasteiger partial charge in [0.2, 0.25) is 39.1 Å². The molecule has 6 aliphatic rings. The molecule has 6 fully saturated rings. The van der Waals surface area contributed by atoms with E-state index in [2.05, 4.69) is 106 Å². The number of hydrogen-bond donors (Lipinski definition) is 0. The van der Waals surface area contributed by atoms with Crippen molar-refractivity contribution < 1.29 is 35.4 Å². The van der Waals surface area contributed by atoms with Crippen molar-refractivity contribution in [3.05, 3.63) is 0 Å². The number of hydrogen-bond acceptors (Lipinski definition) is 8. The summed E-state index contributed by atoms with van der Waals surface area (Å²) in [5.74, 6) is 0. The van der Waals surface area contributed by atoms with Crippen molar-refractivity contribution in [1.29, 1.82) is 0 Å². The van der Waals surface area contributed by atoms with Crippen molar-refractivity contribution in [3.8, 4) is 0 Å². The lowest BCUT2D eigenvalue weighted by molar-refractivity contribution is -0.836. The quantitative estimate of drug-likeness (QED) is 0.117. The molecule has 6 aliphatic carbocycles. The Hall–Kier alpha value is 1.42. The molecule has 0 aromatic heterocycles. The molecule has 0 N–H and O–H groups in total. The van der Waals surface area contributed by atoms with Crippen molar-refractivity contribution in [2.75, 3.05) is 0 Å². The third kappa shape index (κ3) is 3.44. The first-order valence-corrected chi connectivity index (χ1v) is 35.8. The smallest absolute Gasteiger partial charge is 0.227 e. The molecule has 0 heterocycles. The first-order valence-electron chi connectivity index (χ1n) is 17.4. The van der Waals surface area contributed by atoms with E-state index >= 15 is 0 Å². The fourth-order valence-corrected chi connectivity index (χ4v) is 23.6. The fourth-order valence-electron chi connectivity index (χ4n) is 11.6. The molecule has 0 aliphatic heterocycles. The predicted octanol–water partition coefficient (Wildman–Crippen LogP) is 6.45. The van der Waals surface area contributed by atoms with Crippen LogP contribution in [0.2, 0.25) is 103 Å². The summed E-state index contributed by atoms with van der Waals surface area (Å²) in [5, 5.41) is 0. The lowest BCUT2D eigenvalue weighted by Crippen LogP contribution is -3.53. The first kappa shape index (κ1) is 38.6. The SMILES string of the molecule is CCC[Si](C)(C)OC12C3(O[Si]C)C4(O[Si]C)C5(O[Si]C)C3(O[Si]C)C1(O[Si](C)(C)CCC)C5(O[Si](C)(C)CCC)C42O[Si](C)(C)C. The summed E-state index contributed by atoms with van der Waals surface area (Å²) in [7, 11) is -8.37. The lowest BCUT2D eigenvalue weighted by atomic mass is 8.87. The Labute approximate surface area is 294 Å². The highest BCUT2D eigenvalue weighted by Gasteiger charge is 3.46. The van der Waals surface area contributed by atoms with Crippen molar-refractivity contribution >= 4 is 72.3 Å². The minimum absolute atomic E-state index is 0.205. The predicted molar refractivity (Wildman–Crippen MR) is 198 cm³/mol. The van der Waals surface area contributed by atoms with Crippen LogP contribution in [0.1, 0.15) is 40.0 Å². The molecule has 4 unspecified atom stereocenters. The van der Waals surface area contributed by atoms with Crippen LogP contribution in [-0.2, 0) is 35.4 Å². The normalized spacial score (nSPS) is 43.3. The van der Waals surface area contributed by atoms with Gasteiger partial charge in [0.25, 0.3) is 0 Å².